The molecular formula is C35H35N5O6S2. The first-order chi connectivity index (χ1) is 23.3. The Bertz CT molecular complexity index is 2010. The fraction of sp³-hybridized carbons (Fsp3) is 0.314. The molecule has 0 atom stereocenters. The lowest BCUT2D eigenvalue weighted by Gasteiger charge is -2.36. The number of methoxy groups -OCH3 is 2. The number of amides is 1. The maximum Gasteiger partial charge on any atom is 0.267 e. The van der Waals surface area contributed by atoms with Gasteiger partial charge in [-0.2, -0.15) is 0 Å². The largest absolute Gasteiger partial charge is 0.493 e. The molecule has 2 fully saturated rings. The second-order valence-electron chi connectivity index (χ2n) is 11.8. The zero-order chi connectivity index (χ0) is 33.4. The Balaban J connectivity index is 1.12. The number of pyridine rings is 1. The predicted molar refractivity (Wildman–Crippen MR) is 189 cm³/mol. The number of hydrogen-bond acceptors (Lipinski definition) is 11. The number of rotatable bonds is 9. The van der Waals surface area contributed by atoms with Gasteiger partial charge in [-0.1, -0.05) is 42.2 Å². The van der Waals surface area contributed by atoms with Crippen molar-refractivity contribution in [3.63, 3.8) is 0 Å². The molecule has 3 aliphatic rings. The number of aryl methyl sites for hydroxylation is 1. The zero-order valence-electron chi connectivity index (χ0n) is 26.9. The minimum absolute atomic E-state index is 0.223. The summed E-state index contributed by atoms with van der Waals surface area (Å²) in [6.07, 6.45) is 4.03. The van der Waals surface area contributed by atoms with Crippen molar-refractivity contribution in [2.75, 3.05) is 58.6 Å². The maximum atomic E-state index is 14.1. The van der Waals surface area contributed by atoms with Crippen LogP contribution in [0.15, 0.2) is 64.4 Å². The molecule has 2 aromatic carbocycles. The molecule has 7 rings (SSSR count). The molecule has 11 nitrogen and oxygen atoms in total. The van der Waals surface area contributed by atoms with Crippen molar-refractivity contribution in [1.82, 2.24) is 19.2 Å². The van der Waals surface area contributed by atoms with E-state index in [1.54, 1.807) is 35.8 Å². The van der Waals surface area contributed by atoms with E-state index < -0.39 is 0 Å². The highest BCUT2D eigenvalue weighted by Crippen LogP contribution is 2.35. The normalized spacial score (nSPS) is 17.2. The second kappa shape index (κ2) is 13.5. The minimum Gasteiger partial charge on any atom is -0.493 e. The van der Waals surface area contributed by atoms with Gasteiger partial charge in [-0.05, 0) is 66.4 Å². The van der Waals surface area contributed by atoms with E-state index in [0.717, 1.165) is 47.8 Å². The molecule has 2 aromatic heterocycles. The summed E-state index contributed by atoms with van der Waals surface area (Å²) < 4.78 is 23.8. The summed E-state index contributed by atoms with van der Waals surface area (Å²) in [5, 5.41) is 0. The van der Waals surface area contributed by atoms with Crippen molar-refractivity contribution in [2.24, 2.45) is 0 Å². The third kappa shape index (κ3) is 6.32. The van der Waals surface area contributed by atoms with E-state index in [-0.39, 0.29) is 18.3 Å². The number of fused-ring (bicyclic) bond motifs is 2. The van der Waals surface area contributed by atoms with Gasteiger partial charge in [0, 0.05) is 45.5 Å². The van der Waals surface area contributed by atoms with Gasteiger partial charge < -0.3 is 23.8 Å². The van der Waals surface area contributed by atoms with Crippen LogP contribution < -0.4 is 29.4 Å². The van der Waals surface area contributed by atoms with Crippen molar-refractivity contribution in [3.05, 3.63) is 92.2 Å². The molecule has 2 saturated heterocycles. The van der Waals surface area contributed by atoms with E-state index in [9.17, 15) is 9.59 Å². The summed E-state index contributed by atoms with van der Waals surface area (Å²) in [6, 6.07) is 15.5. The number of hydrogen-bond donors (Lipinski definition) is 0. The molecule has 0 bridgehead atoms. The molecule has 248 valence electrons. The molecule has 0 radical (unpaired) electrons. The van der Waals surface area contributed by atoms with Gasteiger partial charge in [0.15, 0.2) is 23.0 Å². The Hall–Kier alpha value is -4.59. The number of piperazine rings is 1. The highest BCUT2D eigenvalue weighted by Gasteiger charge is 2.33. The predicted octanol–water partition coefficient (Wildman–Crippen LogP) is 4.51. The summed E-state index contributed by atoms with van der Waals surface area (Å²) in [7, 11) is 3.19. The molecule has 13 heteroatoms. The van der Waals surface area contributed by atoms with E-state index in [2.05, 4.69) is 15.9 Å². The summed E-state index contributed by atoms with van der Waals surface area (Å²) in [4.78, 5) is 39.2. The monoisotopic (exact) mass is 685 g/mol. The fourth-order valence-corrected chi connectivity index (χ4v) is 7.42. The van der Waals surface area contributed by atoms with Crippen LogP contribution in [0.3, 0.4) is 0 Å². The van der Waals surface area contributed by atoms with Crippen molar-refractivity contribution in [1.29, 1.82) is 0 Å². The molecule has 0 unspecified atom stereocenters. The third-order valence-electron chi connectivity index (χ3n) is 8.72. The number of ether oxygens (including phenoxy) is 4. The first-order valence-corrected chi connectivity index (χ1v) is 16.9. The first kappa shape index (κ1) is 32.0. The standard InChI is InChI=1S/C35H35N5O6S2/c1-22-4-9-31-36-32(38-14-12-37(13-15-38)20-24-6-8-27-29(17-24)46-21-45-27)25(33(41)40(31)19-22)18-30-34(42)39(35(47)48-30)11-10-23-5-7-26(43-2)28(16-23)44-3/h4-9,16-19H,10-15,20-21H2,1-3H3/b30-18+. The van der Waals surface area contributed by atoms with Crippen molar-refractivity contribution >= 4 is 51.7 Å². The van der Waals surface area contributed by atoms with Gasteiger partial charge in [-0.15, -0.1) is 0 Å². The van der Waals surface area contributed by atoms with Crippen molar-refractivity contribution < 1.29 is 23.7 Å². The number of anilines is 1. The molecule has 0 saturated carbocycles. The third-order valence-corrected chi connectivity index (χ3v) is 10.1. The summed E-state index contributed by atoms with van der Waals surface area (Å²) in [6.45, 7) is 6.25. The molecule has 48 heavy (non-hydrogen) atoms. The van der Waals surface area contributed by atoms with Gasteiger partial charge in [0.1, 0.15) is 15.8 Å². The number of thioether (sulfide) groups is 1. The van der Waals surface area contributed by atoms with Gasteiger partial charge in [0.2, 0.25) is 6.79 Å². The van der Waals surface area contributed by atoms with E-state index in [4.69, 9.17) is 36.1 Å². The van der Waals surface area contributed by atoms with Crippen LogP contribution in [-0.2, 0) is 17.8 Å². The Kier molecular flexibility index (Phi) is 8.99. The number of benzene rings is 2. The van der Waals surface area contributed by atoms with Gasteiger partial charge in [0.25, 0.3) is 11.5 Å². The minimum atomic E-state index is -0.225. The summed E-state index contributed by atoms with van der Waals surface area (Å²) >= 11 is 6.86. The van der Waals surface area contributed by atoms with E-state index in [0.29, 0.717) is 63.8 Å². The van der Waals surface area contributed by atoms with Crippen LogP contribution in [0, 0.1) is 6.92 Å². The quantitative estimate of drug-likeness (QED) is 0.184. The van der Waals surface area contributed by atoms with Crippen LogP contribution in [0.1, 0.15) is 22.3 Å². The number of carbonyl (C=O) groups excluding carboxylic acids is 1. The lowest BCUT2D eigenvalue weighted by Crippen LogP contribution is -2.47. The Labute approximate surface area is 287 Å². The molecule has 1 amide bonds. The summed E-state index contributed by atoms with van der Waals surface area (Å²) in [5.74, 6) is 3.16. The molecule has 0 spiro atoms. The van der Waals surface area contributed by atoms with Gasteiger partial charge in [0.05, 0.1) is 24.7 Å². The molecule has 0 N–H and O–H groups in total. The Morgan fingerprint density at radius 3 is 2.50 bits per heavy atom. The zero-order valence-corrected chi connectivity index (χ0v) is 28.6. The average Bonchev–Trinajstić information content (AvgIpc) is 3.67. The number of aromatic nitrogens is 2. The van der Waals surface area contributed by atoms with E-state index >= 15 is 0 Å². The summed E-state index contributed by atoms with van der Waals surface area (Å²) in [5.41, 5.74) is 3.78. The van der Waals surface area contributed by atoms with Gasteiger partial charge >= 0.3 is 0 Å². The number of carbonyl (C=O) groups is 1. The first-order valence-electron chi connectivity index (χ1n) is 15.7. The number of nitrogens with zero attached hydrogens (tertiary/aromatic N) is 5. The molecule has 4 aromatic rings. The Morgan fingerprint density at radius 2 is 1.71 bits per heavy atom. The second-order valence-corrected chi connectivity index (χ2v) is 13.5. The highest BCUT2D eigenvalue weighted by atomic mass is 32.2. The van der Waals surface area contributed by atoms with Gasteiger partial charge in [-0.3, -0.25) is 23.8 Å². The Morgan fingerprint density at radius 1 is 0.938 bits per heavy atom. The van der Waals surface area contributed by atoms with Crippen LogP contribution >= 0.6 is 24.0 Å². The fourth-order valence-electron chi connectivity index (χ4n) is 6.13. The maximum absolute atomic E-state index is 14.1. The average molecular weight is 686 g/mol. The van der Waals surface area contributed by atoms with Crippen molar-refractivity contribution in [2.45, 2.75) is 19.9 Å². The molecule has 0 aliphatic carbocycles. The van der Waals surface area contributed by atoms with Gasteiger partial charge in [-0.25, -0.2) is 4.98 Å². The van der Waals surface area contributed by atoms with E-state index in [1.165, 1.54) is 11.8 Å². The van der Waals surface area contributed by atoms with Crippen LogP contribution in [0.25, 0.3) is 11.7 Å². The highest BCUT2D eigenvalue weighted by molar-refractivity contribution is 8.26. The number of thiocarbonyl (C=S) groups is 1. The SMILES string of the molecule is COc1ccc(CCN2C(=O)/C(=C\c3c(N4CCN(Cc5ccc6c(c5)OCO6)CC4)nc4ccc(C)cn4c3=O)SC2=S)cc1OC. The topological polar surface area (TPSA) is 98.1 Å². The molecule has 5 heterocycles. The molecule has 3 aliphatic heterocycles. The smallest absolute Gasteiger partial charge is 0.267 e. The van der Waals surface area contributed by atoms with Crippen LogP contribution in [0.5, 0.6) is 23.0 Å². The van der Waals surface area contributed by atoms with E-state index in [1.807, 2.05) is 49.4 Å². The van der Waals surface area contributed by atoms with Crippen LogP contribution in [0.4, 0.5) is 5.82 Å². The van der Waals surface area contributed by atoms with Crippen LogP contribution in [0.2, 0.25) is 0 Å². The lowest BCUT2D eigenvalue weighted by molar-refractivity contribution is -0.122. The van der Waals surface area contributed by atoms with Crippen LogP contribution in [-0.4, -0.2) is 83.1 Å². The molecular weight excluding hydrogens is 651 g/mol. The lowest BCUT2D eigenvalue weighted by atomic mass is 10.1. The van der Waals surface area contributed by atoms with Crippen molar-refractivity contribution in [3.8, 4) is 23.0 Å².